The van der Waals surface area contributed by atoms with Crippen LogP contribution in [-0.4, -0.2) is 54.4 Å². The van der Waals surface area contributed by atoms with Crippen LogP contribution in [0, 0.1) is 5.82 Å². The van der Waals surface area contributed by atoms with E-state index in [-0.39, 0.29) is 28.4 Å². The Hall–Kier alpha value is -3.54. The van der Waals surface area contributed by atoms with Gasteiger partial charge in [0.05, 0.1) is 39.8 Å². The minimum absolute atomic E-state index is 0.139. The first-order valence-corrected chi connectivity index (χ1v) is 10.6. The Kier molecular flexibility index (Phi) is 7.64. The molecule has 0 bridgehead atoms. The van der Waals surface area contributed by atoms with Gasteiger partial charge in [0.1, 0.15) is 5.82 Å². The molecule has 0 heterocycles. The standard InChI is InChI=1S/C19H22FN3O7S/c1-28-15-7-11(8-16(29-2)18(15)30-3)19(25)21-10-17(24)22-12-5-6-13(20)14(9-12)23-31(4,26)27/h5-9,23H,10H2,1-4H3,(H,21,25)(H,22,24). The zero-order chi connectivity index (χ0) is 23.2. The van der Waals surface area contributed by atoms with Gasteiger partial charge in [0, 0.05) is 11.3 Å². The maximum atomic E-state index is 13.7. The average Bonchev–Trinajstić information content (AvgIpc) is 2.72. The first-order valence-electron chi connectivity index (χ1n) is 8.73. The van der Waals surface area contributed by atoms with Crippen LogP contribution in [0.15, 0.2) is 30.3 Å². The SMILES string of the molecule is COc1cc(C(=O)NCC(=O)Nc2ccc(F)c(NS(C)(=O)=O)c2)cc(OC)c1OC. The lowest BCUT2D eigenvalue weighted by Crippen LogP contribution is -2.32. The molecule has 2 rings (SSSR count). The molecule has 0 radical (unpaired) electrons. The summed E-state index contributed by atoms with van der Waals surface area (Å²) in [6.07, 6.45) is 0.871. The van der Waals surface area contributed by atoms with Crippen molar-refractivity contribution in [2.75, 3.05) is 44.2 Å². The minimum Gasteiger partial charge on any atom is -0.493 e. The Labute approximate surface area is 178 Å². The average molecular weight is 455 g/mol. The van der Waals surface area contributed by atoms with Crippen molar-refractivity contribution < 1.29 is 36.6 Å². The number of benzene rings is 2. The lowest BCUT2D eigenvalue weighted by atomic mass is 10.1. The second-order valence-electron chi connectivity index (χ2n) is 6.21. The van der Waals surface area contributed by atoms with Crippen LogP contribution in [0.5, 0.6) is 17.2 Å². The third-order valence-electron chi connectivity index (χ3n) is 3.88. The van der Waals surface area contributed by atoms with Gasteiger partial charge in [-0.15, -0.1) is 0 Å². The van der Waals surface area contributed by atoms with E-state index < -0.39 is 34.2 Å². The second kappa shape index (κ2) is 9.98. The third-order valence-corrected chi connectivity index (χ3v) is 4.47. The highest BCUT2D eigenvalue weighted by atomic mass is 32.2. The largest absolute Gasteiger partial charge is 0.493 e. The summed E-state index contributed by atoms with van der Waals surface area (Å²) in [5.74, 6) is -1.14. The van der Waals surface area contributed by atoms with Crippen LogP contribution in [0.1, 0.15) is 10.4 Å². The number of hydrogen-bond acceptors (Lipinski definition) is 7. The van der Waals surface area contributed by atoms with Gasteiger partial charge in [-0.05, 0) is 30.3 Å². The zero-order valence-electron chi connectivity index (χ0n) is 17.2. The molecule has 2 amide bonds. The molecule has 0 unspecified atom stereocenters. The molecular formula is C19H22FN3O7S. The molecule has 0 saturated carbocycles. The van der Waals surface area contributed by atoms with Crippen molar-refractivity contribution in [1.29, 1.82) is 0 Å². The number of ether oxygens (including phenoxy) is 3. The Morgan fingerprint density at radius 2 is 1.61 bits per heavy atom. The van der Waals surface area contributed by atoms with Crippen LogP contribution in [0.25, 0.3) is 0 Å². The van der Waals surface area contributed by atoms with Gasteiger partial charge in [0.15, 0.2) is 11.5 Å². The van der Waals surface area contributed by atoms with Crippen LogP contribution in [-0.2, 0) is 14.8 Å². The Morgan fingerprint density at radius 1 is 1.00 bits per heavy atom. The molecule has 168 valence electrons. The topological polar surface area (TPSA) is 132 Å². The summed E-state index contributed by atoms with van der Waals surface area (Å²) in [5, 5.41) is 4.88. The lowest BCUT2D eigenvalue weighted by molar-refractivity contribution is -0.115. The fourth-order valence-corrected chi connectivity index (χ4v) is 3.12. The summed E-state index contributed by atoms with van der Waals surface area (Å²) >= 11 is 0. The Bertz CT molecular complexity index is 1060. The first-order chi connectivity index (χ1) is 14.6. The number of carbonyl (C=O) groups is 2. The number of carbonyl (C=O) groups excluding carboxylic acids is 2. The van der Waals surface area contributed by atoms with E-state index in [2.05, 4.69) is 10.6 Å². The maximum Gasteiger partial charge on any atom is 0.251 e. The zero-order valence-corrected chi connectivity index (χ0v) is 18.1. The quantitative estimate of drug-likeness (QED) is 0.523. The molecule has 0 aromatic heterocycles. The number of sulfonamides is 1. The number of nitrogens with one attached hydrogen (secondary N) is 3. The molecule has 0 aliphatic heterocycles. The molecule has 0 aliphatic rings. The van der Waals surface area contributed by atoms with E-state index in [1.807, 2.05) is 4.72 Å². The van der Waals surface area contributed by atoms with Gasteiger partial charge in [0.25, 0.3) is 5.91 Å². The van der Waals surface area contributed by atoms with Gasteiger partial charge in [-0.1, -0.05) is 0 Å². The summed E-state index contributed by atoms with van der Waals surface area (Å²) in [5.41, 5.74) is -0.00920. The number of methoxy groups -OCH3 is 3. The number of hydrogen-bond donors (Lipinski definition) is 3. The number of anilines is 2. The molecule has 0 fully saturated rings. The van der Waals surface area contributed by atoms with E-state index in [1.165, 1.54) is 39.5 Å². The van der Waals surface area contributed by atoms with Crippen molar-refractivity contribution in [1.82, 2.24) is 5.32 Å². The highest BCUT2D eigenvalue weighted by molar-refractivity contribution is 7.92. The number of rotatable bonds is 9. The molecule has 3 N–H and O–H groups in total. The number of halogens is 1. The minimum atomic E-state index is -3.70. The summed E-state index contributed by atoms with van der Waals surface area (Å²) in [6, 6.07) is 6.23. The van der Waals surface area contributed by atoms with Crippen molar-refractivity contribution >= 4 is 33.2 Å². The van der Waals surface area contributed by atoms with Crippen molar-refractivity contribution in [2.45, 2.75) is 0 Å². The van der Waals surface area contributed by atoms with Gasteiger partial charge in [-0.25, -0.2) is 12.8 Å². The van der Waals surface area contributed by atoms with E-state index in [9.17, 15) is 22.4 Å². The molecule has 0 saturated heterocycles. The third kappa shape index (κ3) is 6.47. The van der Waals surface area contributed by atoms with Crippen LogP contribution in [0.4, 0.5) is 15.8 Å². The van der Waals surface area contributed by atoms with Gasteiger partial charge >= 0.3 is 0 Å². The molecule has 31 heavy (non-hydrogen) atoms. The molecule has 10 nitrogen and oxygen atoms in total. The maximum absolute atomic E-state index is 13.7. The molecule has 0 spiro atoms. The summed E-state index contributed by atoms with van der Waals surface area (Å²) in [7, 11) is 0.534. The normalized spacial score (nSPS) is 10.7. The van der Waals surface area contributed by atoms with Gasteiger partial charge in [-0.3, -0.25) is 14.3 Å². The van der Waals surface area contributed by atoms with Crippen LogP contribution < -0.4 is 29.6 Å². The van der Waals surface area contributed by atoms with Gasteiger partial charge in [0.2, 0.25) is 21.7 Å². The summed E-state index contributed by atoms with van der Waals surface area (Å²) < 4.78 is 53.9. The highest BCUT2D eigenvalue weighted by Gasteiger charge is 2.17. The molecule has 0 atom stereocenters. The predicted octanol–water partition coefficient (Wildman–Crippen LogP) is 1.59. The molecule has 2 aromatic rings. The summed E-state index contributed by atoms with van der Waals surface area (Å²) in [6.45, 7) is -0.401. The molecule has 0 aliphatic carbocycles. The van der Waals surface area contributed by atoms with Crippen LogP contribution >= 0.6 is 0 Å². The molecule has 2 aromatic carbocycles. The smallest absolute Gasteiger partial charge is 0.251 e. The second-order valence-corrected chi connectivity index (χ2v) is 7.96. The summed E-state index contributed by atoms with van der Waals surface area (Å²) in [4.78, 5) is 24.6. The van der Waals surface area contributed by atoms with Crippen LogP contribution in [0.2, 0.25) is 0 Å². The van der Waals surface area contributed by atoms with Crippen molar-refractivity contribution in [3.05, 3.63) is 41.7 Å². The lowest BCUT2D eigenvalue weighted by Gasteiger charge is -2.14. The first kappa shape index (κ1) is 23.7. The van der Waals surface area contributed by atoms with E-state index >= 15 is 0 Å². The highest BCUT2D eigenvalue weighted by Crippen LogP contribution is 2.38. The van der Waals surface area contributed by atoms with E-state index in [0.29, 0.717) is 5.75 Å². The molecule has 12 heteroatoms. The van der Waals surface area contributed by atoms with Crippen LogP contribution in [0.3, 0.4) is 0 Å². The fraction of sp³-hybridized carbons (Fsp3) is 0.263. The Morgan fingerprint density at radius 3 is 2.13 bits per heavy atom. The van der Waals surface area contributed by atoms with Gasteiger partial charge < -0.3 is 24.8 Å². The Balaban J connectivity index is 2.06. The van der Waals surface area contributed by atoms with Gasteiger partial charge in [-0.2, -0.15) is 0 Å². The molecular weight excluding hydrogens is 433 g/mol. The van der Waals surface area contributed by atoms with E-state index in [0.717, 1.165) is 18.4 Å². The fourth-order valence-electron chi connectivity index (χ4n) is 2.56. The van der Waals surface area contributed by atoms with E-state index in [4.69, 9.17) is 14.2 Å². The monoisotopic (exact) mass is 455 g/mol. The predicted molar refractivity (Wildman–Crippen MR) is 112 cm³/mol. The van der Waals surface area contributed by atoms with Crippen molar-refractivity contribution in [2.24, 2.45) is 0 Å². The van der Waals surface area contributed by atoms with E-state index in [1.54, 1.807) is 0 Å². The van der Waals surface area contributed by atoms with Crippen molar-refractivity contribution in [3.63, 3.8) is 0 Å². The van der Waals surface area contributed by atoms with Crippen molar-refractivity contribution in [3.8, 4) is 17.2 Å². The number of amides is 2.